The van der Waals surface area contributed by atoms with Crippen molar-refractivity contribution in [1.29, 1.82) is 0 Å². The predicted octanol–water partition coefficient (Wildman–Crippen LogP) is 1.62. The summed E-state index contributed by atoms with van der Waals surface area (Å²) in [6.07, 6.45) is 2.97. The van der Waals surface area contributed by atoms with Gasteiger partial charge in [-0.15, -0.1) is 0 Å². The maximum Gasteiger partial charge on any atom is 0.251 e. The van der Waals surface area contributed by atoms with E-state index in [1.165, 1.54) is 11.9 Å². The lowest BCUT2D eigenvalue weighted by molar-refractivity contribution is 0.0342. The summed E-state index contributed by atoms with van der Waals surface area (Å²) in [4.78, 5) is 26.8. The smallest absolute Gasteiger partial charge is 0.251 e. The van der Waals surface area contributed by atoms with Crippen molar-refractivity contribution >= 4 is 16.9 Å². The third-order valence-electron chi connectivity index (χ3n) is 4.50. The minimum atomic E-state index is -0.527. The Morgan fingerprint density at radius 1 is 1.19 bits per heavy atom. The van der Waals surface area contributed by atoms with E-state index in [0.29, 0.717) is 22.3 Å². The molecule has 0 atom stereocenters. The van der Waals surface area contributed by atoms with E-state index in [2.05, 4.69) is 32.0 Å². The zero-order valence-electron chi connectivity index (χ0n) is 14.3. The highest BCUT2D eigenvalue weighted by Gasteiger charge is 2.14. The lowest BCUT2D eigenvalue weighted by atomic mass is 10.0. The van der Waals surface area contributed by atoms with Gasteiger partial charge in [-0.1, -0.05) is 24.3 Å². The van der Waals surface area contributed by atoms with Crippen LogP contribution >= 0.6 is 0 Å². The van der Waals surface area contributed by atoms with Gasteiger partial charge in [0.05, 0.1) is 30.7 Å². The van der Waals surface area contributed by atoms with Crippen LogP contribution in [0.3, 0.4) is 0 Å². The van der Waals surface area contributed by atoms with Gasteiger partial charge < -0.3 is 10.5 Å². The van der Waals surface area contributed by atoms with Crippen LogP contribution in [-0.2, 0) is 11.3 Å². The Morgan fingerprint density at radius 2 is 1.96 bits per heavy atom. The van der Waals surface area contributed by atoms with E-state index in [9.17, 15) is 4.79 Å². The SMILES string of the molecule is NC(=O)c1cc(-c2ccc(CN3CCOCC3)cc2)nc2cncnc12. The Balaban J connectivity index is 1.63. The number of benzene rings is 1. The van der Waals surface area contributed by atoms with E-state index in [-0.39, 0.29) is 0 Å². The van der Waals surface area contributed by atoms with Crippen LogP contribution < -0.4 is 5.73 Å². The molecule has 0 aliphatic carbocycles. The predicted molar refractivity (Wildman–Crippen MR) is 97.4 cm³/mol. The van der Waals surface area contributed by atoms with Crippen LogP contribution in [0.15, 0.2) is 42.9 Å². The summed E-state index contributed by atoms with van der Waals surface area (Å²) in [5, 5.41) is 0. The molecule has 3 aromatic rings. The topological polar surface area (TPSA) is 94.2 Å². The molecule has 2 aromatic heterocycles. The van der Waals surface area contributed by atoms with E-state index < -0.39 is 5.91 Å². The van der Waals surface area contributed by atoms with Gasteiger partial charge in [0.25, 0.3) is 5.91 Å². The van der Waals surface area contributed by atoms with E-state index >= 15 is 0 Å². The number of hydrogen-bond donors (Lipinski definition) is 1. The molecule has 0 spiro atoms. The monoisotopic (exact) mass is 349 g/mol. The normalized spacial score (nSPS) is 15.2. The second-order valence-corrected chi connectivity index (χ2v) is 6.26. The van der Waals surface area contributed by atoms with Crippen LogP contribution in [0.25, 0.3) is 22.3 Å². The molecule has 1 aliphatic rings. The highest BCUT2D eigenvalue weighted by Crippen LogP contribution is 2.23. The fourth-order valence-electron chi connectivity index (χ4n) is 3.11. The number of nitrogens with two attached hydrogens (primary N) is 1. The third kappa shape index (κ3) is 3.40. The molecule has 26 heavy (non-hydrogen) atoms. The van der Waals surface area contributed by atoms with Crippen molar-refractivity contribution < 1.29 is 9.53 Å². The van der Waals surface area contributed by atoms with Gasteiger partial charge >= 0.3 is 0 Å². The van der Waals surface area contributed by atoms with E-state index in [0.717, 1.165) is 38.4 Å². The van der Waals surface area contributed by atoms with Crippen molar-refractivity contribution in [2.75, 3.05) is 26.3 Å². The number of ether oxygens (including phenoxy) is 1. The third-order valence-corrected chi connectivity index (χ3v) is 4.50. The maximum atomic E-state index is 11.8. The first-order valence-electron chi connectivity index (χ1n) is 8.51. The fourth-order valence-corrected chi connectivity index (χ4v) is 3.11. The van der Waals surface area contributed by atoms with Gasteiger partial charge in [-0.05, 0) is 11.6 Å². The van der Waals surface area contributed by atoms with Crippen LogP contribution in [0.2, 0.25) is 0 Å². The van der Waals surface area contributed by atoms with Crippen LogP contribution in [0, 0.1) is 0 Å². The summed E-state index contributed by atoms with van der Waals surface area (Å²) in [6.45, 7) is 4.38. The number of hydrogen-bond acceptors (Lipinski definition) is 6. The molecule has 3 heterocycles. The second-order valence-electron chi connectivity index (χ2n) is 6.26. The van der Waals surface area contributed by atoms with Gasteiger partial charge in [-0.25, -0.2) is 15.0 Å². The highest BCUT2D eigenvalue weighted by atomic mass is 16.5. The average Bonchev–Trinajstić information content (AvgIpc) is 2.68. The molecule has 7 heteroatoms. The summed E-state index contributed by atoms with van der Waals surface area (Å²) in [7, 11) is 0. The molecule has 1 amide bonds. The lowest BCUT2D eigenvalue weighted by Gasteiger charge is -2.26. The molecule has 7 nitrogen and oxygen atoms in total. The molecule has 2 N–H and O–H groups in total. The van der Waals surface area contributed by atoms with Crippen molar-refractivity contribution in [2.24, 2.45) is 5.73 Å². The maximum absolute atomic E-state index is 11.8. The first-order valence-corrected chi connectivity index (χ1v) is 8.51. The van der Waals surface area contributed by atoms with Gasteiger partial charge in [0, 0.05) is 25.2 Å². The summed E-state index contributed by atoms with van der Waals surface area (Å²) in [5.74, 6) is -0.527. The van der Waals surface area contributed by atoms with Crippen LogP contribution in [-0.4, -0.2) is 52.1 Å². The van der Waals surface area contributed by atoms with Crippen molar-refractivity contribution in [3.8, 4) is 11.3 Å². The second kappa shape index (κ2) is 7.15. The van der Waals surface area contributed by atoms with Crippen LogP contribution in [0.4, 0.5) is 0 Å². The van der Waals surface area contributed by atoms with Gasteiger partial charge in [-0.3, -0.25) is 9.69 Å². The number of amides is 1. The molecular formula is C19H19N5O2. The Morgan fingerprint density at radius 3 is 2.69 bits per heavy atom. The molecule has 1 saturated heterocycles. The van der Waals surface area contributed by atoms with Crippen LogP contribution in [0.1, 0.15) is 15.9 Å². The van der Waals surface area contributed by atoms with Crippen molar-refractivity contribution in [2.45, 2.75) is 6.54 Å². The Hall–Kier alpha value is -2.90. The molecule has 1 fully saturated rings. The molecule has 1 aromatic carbocycles. The molecule has 0 bridgehead atoms. The molecule has 0 saturated carbocycles. The summed E-state index contributed by atoms with van der Waals surface area (Å²) in [5.41, 5.74) is 9.72. The number of primary amides is 1. The van der Waals surface area contributed by atoms with Gasteiger partial charge in [0.1, 0.15) is 17.4 Å². The lowest BCUT2D eigenvalue weighted by Crippen LogP contribution is -2.35. The summed E-state index contributed by atoms with van der Waals surface area (Å²) >= 11 is 0. The first kappa shape index (κ1) is 16.6. The van der Waals surface area contributed by atoms with Crippen molar-refractivity contribution in [1.82, 2.24) is 19.9 Å². The molecule has 0 radical (unpaired) electrons. The summed E-state index contributed by atoms with van der Waals surface area (Å²) in [6, 6.07) is 9.88. The number of aromatic nitrogens is 3. The quantitative estimate of drug-likeness (QED) is 0.769. The Kier molecular flexibility index (Phi) is 4.55. The van der Waals surface area contributed by atoms with E-state index in [4.69, 9.17) is 10.5 Å². The number of pyridine rings is 1. The van der Waals surface area contributed by atoms with Gasteiger partial charge in [-0.2, -0.15) is 0 Å². The van der Waals surface area contributed by atoms with Crippen molar-refractivity contribution in [3.05, 3.63) is 54.0 Å². The number of morpholine rings is 1. The van der Waals surface area contributed by atoms with E-state index in [1.807, 2.05) is 12.1 Å². The molecule has 1 aliphatic heterocycles. The minimum Gasteiger partial charge on any atom is -0.379 e. The summed E-state index contributed by atoms with van der Waals surface area (Å²) < 4.78 is 5.38. The number of fused-ring (bicyclic) bond motifs is 1. The minimum absolute atomic E-state index is 0.352. The Bertz CT molecular complexity index is 936. The number of nitrogens with zero attached hydrogens (tertiary/aromatic N) is 4. The molecule has 132 valence electrons. The fraction of sp³-hybridized carbons (Fsp3) is 0.263. The highest BCUT2D eigenvalue weighted by molar-refractivity contribution is 6.04. The zero-order valence-corrected chi connectivity index (χ0v) is 14.3. The average molecular weight is 349 g/mol. The number of carbonyl (C=O) groups excluding carboxylic acids is 1. The molecular weight excluding hydrogens is 330 g/mol. The Labute approximate surface area is 150 Å². The van der Waals surface area contributed by atoms with E-state index in [1.54, 1.807) is 12.3 Å². The molecule has 0 unspecified atom stereocenters. The molecule has 4 rings (SSSR count). The van der Waals surface area contributed by atoms with Crippen LogP contribution in [0.5, 0.6) is 0 Å². The standard InChI is InChI=1S/C19H19N5O2/c20-19(25)15-9-16(23-17-10-21-12-22-18(15)17)14-3-1-13(2-4-14)11-24-5-7-26-8-6-24/h1-4,9-10,12H,5-8,11H2,(H2,20,25). The van der Waals surface area contributed by atoms with Gasteiger partial charge in [0.2, 0.25) is 0 Å². The van der Waals surface area contributed by atoms with Gasteiger partial charge in [0.15, 0.2) is 0 Å². The zero-order chi connectivity index (χ0) is 17.9. The number of carbonyl (C=O) groups is 1. The first-order chi connectivity index (χ1) is 12.7. The number of rotatable bonds is 4. The van der Waals surface area contributed by atoms with Crippen molar-refractivity contribution in [3.63, 3.8) is 0 Å². The largest absolute Gasteiger partial charge is 0.379 e.